The maximum Gasteiger partial charge on any atom is -0.00883 e. The fourth-order valence-corrected chi connectivity index (χ4v) is 1.51. The normalized spacial score (nSPS) is 15.5. The molecule has 1 rings (SSSR count). The lowest BCUT2D eigenvalue weighted by atomic mass is 9.98. The smallest absolute Gasteiger partial charge is 0.00883 e. The van der Waals surface area contributed by atoms with Crippen molar-refractivity contribution in [1.82, 2.24) is 0 Å². The molecule has 0 nitrogen and oxygen atoms in total. The van der Waals surface area contributed by atoms with Gasteiger partial charge in [0.05, 0.1) is 0 Å². The van der Waals surface area contributed by atoms with Crippen LogP contribution in [0.4, 0.5) is 0 Å². The van der Waals surface area contributed by atoms with E-state index in [4.69, 9.17) is 0 Å². The van der Waals surface area contributed by atoms with Gasteiger partial charge in [-0.05, 0) is 36.1 Å². The van der Waals surface area contributed by atoms with Crippen molar-refractivity contribution in [2.75, 3.05) is 0 Å². The van der Waals surface area contributed by atoms with Gasteiger partial charge in [-0.1, -0.05) is 63.5 Å². The Bertz CT molecular complexity index is 371. The van der Waals surface area contributed by atoms with Crippen molar-refractivity contribution in [3.8, 4) is 0 Å². The standard InChI is InChI=1S/C14H16.C2H6/c1-5-7-8-13(6-2)14-11(3)9-10-12(14)4;1-2/h5-10H,2-3H2,1,4H3;1-2H3/b7-5-,13-8-;. The Kier molecular flexibility index (Phi) is 6.95. The van der Waals surface area contributed by atoms with Crippen LogP contribution in [0.15, 0.2) is 71.9 Å². The van der Waals surface area contributed by atoms with Crippen molar-refractivity contribution in [2.45, 2.75) is 27.7 Å². The zero-order valence-corrected chi connectivity index (χ0v) is 10.9. The molecule has 0 heteroatoms. The summed E-state index contributed by atoms with van der Waals surface area (Å²) >= 11 is 0. The molecule has 0 aromatic rings. The predicted octanol–water partition coefficient (Wildman–Crippen LogP) is 5.14. The van der Waals surface area contributed by atoms with Crippen LogP contribution in [-0.4, -0.2) is 0 Å². The third-order valence-corrected chi connectivity index (χ3v) is 2.23. The van der Waals surface area contributed by atoms with Gasteiger partial charge in [0.2, 0.25) is 0 Å². The van der Waals surface area contributed by atoms with Crippen molar-refractivity contribution in [3.05, 3.63) is 71.9 Å². The van der Waals surface area contributed by atoms with Gasteiger partial charge in [0.15, 0.2) is 0 Å². The minimum Gasteiger partial charge on any atom is -0.0984 e. The molecule has 16 heavy (non-hydrogen) atoms. The largest absolute Gasteiger partial charge is 0.0984 e. The number of hydrogen-bond acceptors (Lipinski definition) is 0. The molecule has 0 saturated heterocycles. The summed E-state index contributed by atoms with van der Waals surface area (Å²) < 4.78 is 0. The Labute approximate surface area is 100 Å². The molecule has 0 bridgehead atoms. The first-order chi connectivity index (χ1) is 7.70. The molecule has 0 aliphatic heterocycles. The van der Waals surface area contributed by atoms with Crippen LogP contribution in [0.1, 0.15) is 27.7 Å². The van der Waals surface area contributed by atoms with Gasteiger partial charge in [-0.15, -0.1) is 0 Å². The van der Waals surface area contributed by atoms with Gasteiger partial charge >= 0.3 is 0 Å². The SMILES string of the molecule is C=C/C(=C/C=C\C)C1=C(C)C=CC1=C.CC. The molecule has 0 aromatic heterocycles. The van der Waals surface area contributed by atoms with E-state index in [2.05, 4.69) is 32.2 Å². The van der Waals surface area contributed by atoms with E-state index in [0.717, 1.165) is 11.1 Å². The first-order valence-electron chi connectivity index (χ1n) is 5.74. The summed E-state index contributed by atoms with van der Waals surface area (Å²) in [7, 11) is 0. The van der Waals surface area contributed by atoms with E-state index in [1.165, 1.54) is 11.1 Å². The first kappa shape index (κ1) is 14.4. The average Bonchev–Trinajstić information content (AvgIpc) is 2.64. The lowest BCUT2D eigenvalue weighted by molar-refractivity contribution is 1.42. The highest BCUT2D eigenvalue weighted by molar-refractivity contribution is 5.63. The molecule has 0 saturated carbocycles. The second kappa shape index (κ2) is 7.70. The van der Waals surface area contributed by atoms with Crippen molar-refractivity contribution < 1.29 is 0 Å². The maximum absolute atomic E-state index is 4.01. The van der Waals surface area contributed by atoms with Gasteiger partial charge < -0.3 is 0 Å². The molecule has 0 unspecified atom stereocenters. The Hall–Kier alpha value is -1.56. The second-order valence-corrected chi connectivity index (χ2v) is 3.27. The summed E-state index contributed by atoms with van der Waals surface area (Å²) in [5.74, 6) is 0. The molecule has 0 atom stereocenters. The van der Waals surface area contributed by atoms with Crippen molar-refractivity contribution in [1.29, 1.82) is 0 Å². The van der Waals surface area contributed by atoms with E-state index >= 15 is 0 Å². The van der Waals surface area contributed by atoms with Crippen molar-refractivity contribution in [3.63, 3.8) is 0 Å². The lowest BCUT2D eigenvalue weighted by Gasteiger charge is -2.06. The average molecular weight is 214 g/mol. The zero-order chi connectivity index (χ0) is 12.6. The molecular weight excluding hydrogens is 192 g/mol. The van der Waals surface area contributed by atoms with Gasteiger partial charge in [-0.2, -0.15) is 0 Å². The molecule has 0 spiro atoms. The molecular formula is C16H22. The van der Waals surface area contributed by atoms with E-state index in [1.807, 2.05) is 45.1 Å². The summed E-state index contributed by atoms with van der Waals surface area (Å²) in [5, 5.41) is 0. The van der Waals surface area contributed by atoms with Crippen LogP contribution in [0, 0.1) is 0 Å². The van der Waals surface area contributed by atoms with Crippen LogP contribution < -0.4 is 0 Å². The highest BCUT2D eigenvalue weighted by atomic mass is 14.1. The van der Waals surface area contributed by atoms with Crippen LogP contribution >= 0.6 is 0 Å². The summed E-state index contributed by atoms with van der Waals surface area (Å²) in [6.45, 7) is 15.9. The molecule has 86 valence electrons. The molecule has 0 heterocycles. The lowest BCUT2D eigenvalue weighted by Crippen LogP contribution is -1.87. The van der Waals surface area contributed by atoms with Gasteiger partial charge in [-0.25, -0.2) is 0 Å². The highest BCUT2D eigenvalue weighted by Gasteiger charge is 2.11. The van der Waals surface area contributed by atoms with Crippen LogP contribution in [0.2, 0.25) is 0 Å². The summed E-state index contributed by atoms with van der Waals surface area (Å²) in [4.78, 5) is 0. The fourth-order valence-electron chi connectivity index (χ4n) is 1.51. The molecule has 1 aliphatic rings. The Morgan fingerprint density at radius 3 is 2.25 bits per heavy atom. The molecule has 0 fully saturated rings. The van der Waals surface area contributed by atoms with Gasteiger partial charge in [-0.3, -0.25) is 0 Å². The topological polar surface area (TPSA) is 0 Å². The monoisotopic (exact) mass is 214 g/mol. The Morgan fingerprint density at radius 2 is 1.88 bits per heavy atom. The van der Waals surface area contributed by atoms with Crippen molar-refractivity contribution >= 4 is 0 Å². The van der Waals surface area contributed by atoms with Gasteiger partial charge in [0, 0.05) is 0 Å². The van der Waals surface area contributed by atoms with E-state index in [1.54, 1.807) is 0 Å². The highest BCUT2D eigenvalue weighted by Crippen LogP contribution is 2.29. The predicted molar refractivity (Wildman–Crippen MR) is 75.4 cm³/mol. The van der Waals surface area contributed by atoms with Gasteiger partial charge in [0.25, 0.3) is 0 Å². The molecule has 1 aliphatic carbocycles. The maximum atomic E-state index is 4.01. The number of allylic oxidation sites excluding steroid dienone is 10. The Balaban J connectivity index is 0.00000106. The number of hydrogen-bond donors (Lipinski definition) is 0. The first-order valence-corrected chi connectivity index (χ1v) is 5.74. The van der Waals surface area contributed by atoms with E-state index in [9.17, 15) is 0 Å². The molecule has 0 N–H and O–H groups in total. The zero-order valence-electron chi connectivity index (χ0n) is 10.9. The van der Waals surface area contributed by atoms with Crippen LogP contribution in [-0.2, 0) is 0 Å². The third kappa shape index (κ3) is 3.54. The quantitative estimate of drug-likeness (QED) is 0.570. The number of rotatable bonds is 3. The minimum atomic E-state index is 1.07. The Morgan fingerprint density at radius 1 is 1.25 bits per heavy atom. The van der Waals surface area contributed by atoms with E-state index in [0.29, 0.717) is 0 Å². The summed E-state index contributed by atoms with van der Waals surface area (Å²) in [6, 6.07) is 0. The van der Waals surface area contributed by atoms with Gasteiger partial charge in [0.1, 0.15) is 0 Å². The summed E-state index contributed by atoms with van der Waals surface area (Å²) in [5.41, 5.74) is 4.66. The van der Waals surface area contributed by atoms with Crippen LogP contribution in [0.5, 0.6) is 0 Å². The third-order valence-electron chi connectivity index (χ3n) is 2.23. The second-order valence-electron chi connectivity index (χ2n) is 3.27. The molecule has 0 radical (unpaired) electrons. The van der Waals surface area contributed by atoms with E-state index in [-0.39, 0.29) is 0 Å². The van der Waals surface area contributed by atoms with Crippen LogP contribution in [0.25, 0.3) is 0 Å². The fraction of sp³-hybridized carbons (Fsp3) is 0.250. The minimum absolute atomic E-state index is 1.07. The van der Waals surface area contributed by atoms with E-state index < -0.39 is 0 Å². The summed E-state index contributed by atoms with van der Waals surface area (Å²) in [6.07, 6.45) is 12.1. The molecule has 0 aromatic carbocycles. The molecule has 0 amide bonds. The van der Waals surface area contributed by atoms with Crippen molar-refractivity contribution in [2.24, 2.45) is 0 Å². The van der Waals surface area contributed by atoms with Crippen LogP contribution in [0.3, 0.4) is 0 Å².